The van der Waals surface area contributed by atoms with E-state index in [0.717, 1.165) is 4.88 Å². The molecule has 3 atom stereocenters. The van der Waals surface area contributed by atoms with E-state index in [9.17, 15) is 30.0 Å². The number of allylic oxidation sites excluding steroid dienone is 2. The molecule has 1 aromatic rings. The van der Waals surface area contributed by atoms with Gasteiger partial charge in [0, 0.05) is 24.4 Å². The predicted molar refractivity (Wildman–Crippen MR) is 112 cm³/mol. The highest BCUT2D eigenvalue weighted by Gasteiger charge is 2.43. The van der Waals surface area contributed by atoms with Gasteiger partial charge in [0.15, 0.2) is 5.78 Å². The van der Waals surface area contributed by atoms with Crippen molar-refractivity contribution in [2.45, 2.75) is 24.0 Å². The van der Waals surface area contributed by atoms with Gasteiger partial charge in [-0.3, -0.25) is 14.9 Å². The van der Waals surface area contributed by atoms with E-state index in [2.05, 4.69) is 5.32 Å². The van der Waals surface area contributed by atoms with E-state index in [1.165, 1.54) is 16.2 Å². The molecule has 0 spiro atoms. The zero-order valence-electron chi connectivity index (χ0n) is 16.6. The molecule has 162 valence electrons. The fraction of sp³-hybridized carbons (Fsp3) is 0.429. The summed E-state index contributed by atoms with van der Waals surface area (Å²) >= 11 is 1.37. The number of aliphatic hydroxyl groups is 4. The molecule has 0 aromatic carbocycles. The molecule has 30 heavy (non-hydrogen) atoms. The molecule has 0 radical (unpaired) electrons. The molecule has 5 N–H and O–H groups in total. The summed E-state index contributed by atoms with van der Waals surface area (Å²) in [5.74, 6) is -1.92. The Hall–Kier alpha value is -2.30. The first-order chi connectivity index (χ1) is 14.4. The Balaban J connectivity index is 1.94. The number of thiophene rings is 1. The third-order valence-electron chi connectivity index (χ3n) is 5.60. The Morgan fingerprint density at radius 2 is 1.87 bits per heavy atom. The van der Waals surface area contributed by atoms with Gasteiger partial charge < -0.3 is 25.3 Å². The molecule has 1 aliphatic heterocycles. The van der Waals surface area contributed by atoms with Crippen molar-refractivity contribution in [2.24, 2.45) is 5.92 Å². The quantitative estimate of drug-likeness (QED) is 0.228. The van der Waals surface area contributed by atoms with Crippen LogP contribution in [0.5, 0.6) is 0 Å². The molecule has 0 bridgehead atoms. The number of amides is 1. The molecule has 0 unspecified atom stereocenters. The number of hydrogen-bond acceptors (Lipinski definition) is 8. The summed E-state index contributed by atoms with van der Waals surface area (Å²) in [6.07, 6.45) is 6.89. The Kier molecular flexibility index (Phi) is 6.89. The van der Waals surface area contributed by atoms with E-state index in [4.69, 9.17) is 0 Å². The monoisotopic (exact) mass is 434 g/mol. The van der Waals surface area contributed by atoms with E-state index in [1.54, 1.807) is 43.5 Å². The number of nitrogens with one attached hydrogen (secondary N) is 1. The Morgan fingerprint density at radius 3 is 2.47 bits per heavy atom. The first-order valence-corrected chi connectivity index (χ1v) is 10.5. The Morgan fingerprint density at radius 1 is 1.20 bits per heavy atom. The van der Waals surface area contributed by atoms with Crippen LogP contribution in [-0.4, -0.2) is 75.5 Å². The third kappa shape index (κ3) is 4.12. The lowest BCUT2D eigenvalue weighted by Crippen LogP contribution is -2.56. The topological polar surface area (TPSA) is 130 Å². The summed E-state index contributed by atoms with van der Waals surface area (Å²) in [4.78, 5) is 28.0. The lowest BCUT2D eigenvalue weighted by atomic mass is 9.81. The van der Waals surface area contributed by atoms with Gasteiger partial charge in [-0.05, 0) is 11.4 Å². The van der Waals surface area contributed by atoms with Gasteiger partial charge in [0.2, 0.25) is 0 Å². The van der Waals surface area contributed by atoms with E-state index in [1.807, 2.05) is 5.38 Å². The maximum absolute atomic E-state index is 13.0. The maximum atomic E-state index is 13.0. The van der Waals surface area contributed by atoms with Crippen molar-refractivity contribution in [3.63, 3.8) is 0 Å². The normalized spacial score (nSPS) is 24.2. The van der Waals surface area contributed by atoms with Crippen LogP contribution in [0.3, 0.4) is 0 Å². The highest BCUT2D eigenvalue weighted by Crippen LogP contribution is 2.33. The number of aliphatic hydroxyl groups excluding tert-OH is 4. The average molecular weight is 435 g/mol. The second-order valence-corrected chi connectivity index (χ2v) is 8.54. The number of nitrogens with zero attached hydrogens (tertiary/aromatic N) is 1. The summed E-state index contributed by atoms with van der Waals surface area (Å²) in [5, 5.41) is 44.7. The van der Waals surface area contributed by atoms with Crippen molar-refractivity contribution in [2.75, 3.05) is 26.9 Å². The van der Waals surface area contributed by atoms with E-state index in [-0.39, 0.29) is 23.8 Å². The number of carbonyl (C=O) groups excluding carboxylic acids is 2. The number of ketones is 1. The Bertz CT molecular complexity index is 864. The van der Waals surface area contributed by atoms with Crippen molar-refractivity contribution in [1.82, 2.24) is 10.2 Å². The van der Waals surface area contributed by atoms with Crippen LogP contribution in [0.1, 0.15) is 17.3 Å². The van der Waals surface area contributed by atoms with Gasteiger partial charge in [0.05, 0.1) is 37.3 Å². The SMILES string of the molecule is CN1C(=O)/C(=C(/O)C[C@H](NC(CO)(CO)CO)c2cccs2)C(=O)[C@H]2C=CC=C[C@@H]21. The Labute approximate surface area is 178 Å². The van der Waals surface area contributed by atoms with Crippen LogP contribution in [0.2, 0.25) is 0 Å². The zero-order chi connectivity index (χ0) is 21.9. The van der Waals surface area contributed by atoms with Crippen molar-refractivity contribution < 1.29 is 30.0 Å². The van der Waals surface area contributed by atoms with Crippen LogP contribution in [-0.2, 0) is 9.59 Å². The van der Waals surface area contributed by atoms with Crippen LogP contribution in [0.15, 0.2) is 53.1 Å². The number of fused-ring (bicyclic) bond motifs is 1. The minimum absolute atomic E-state index is 0.125. The van der Waals surface area contributed by atoms with Gasteiger partial charge in [-0.2, -0.15) is 0 Å². The largest absolute Gasteiger partial charge is 0.511 e. The van der Waals surface area contributed by atoms with E-state index >= 15 is 0 Å². The van der Waals surface area contributed by atoms with Gasteiger partial charge in [-0.25, -0.2) is 0 Å². The summed E-state index contributed by atoms with van der Waals surface area (Å²) in [6.45, 7) is -1.62. The summed E-state index contributed by atoms with van der Waals surface area (Å²) in [5.41, 5.74) is -1.65. The number of Topliss-reactive ketones (excluding diaryl/α,β-unsaturated/α-hetero) is 1. The molecule has 8 nitrogen and oxygen atoms in total. The van der Waals surface area contributed by atoms with E-state index < -0.39 is 49.0 Å². The molecule has 2 aliphatic rings. The molecule has 1 fully saturated rings. The van der Waals surface area contributed by atoms with E-state index in [0.29, 0.717) is 0 Å². The predicted octanol–water partition coefficient (Wildman–Crippen LogP) is 0.449. The number of rotatable bonds is 8. The third-order valence-corrected chi connectivity index (χ3v) is 6.58. The van der Waals surface area contributed by atoms with Gasteiger partial charge >= 0.3 is 0 Å². The van der Waals surface area contributed by atoms with Gasteiger partial charge in [-0.15, -0.1) is 11.3 Å². The van der Waals surface area contributed by atoms with Gasteiger partial charge in [0.1, 0.15) is 11.3 Å². The first-order valence-electron chi connectivity index (χ1n) is 9.59. The van der Waals surface area contributed by atoms with Gasteiger partial charge in [0.25, 0.3) is 5.91 Å². The van der Waals surface area contributed by atoms with Gasteiger partial charge in [-0.1, -0.05) is 30.4 Å². The number of carbonyl (C=O) groups is 2. The van der Waals surface area contributed by atoms with Crippen LogP contribution >= 0.6 is 11.3 Å². The summed E-state index contributed by atoms with van der Waals surface area (Å²) in [7, 11) is 1.59. The first kappa shape index (κ1) is 22.4. The number of likely N-dealkylation sites (N-methyl/N-ethyl adjacent to an activating group) is 1. The molecule has 1 aromatic heterocycles. The van der Waals surface area contributed by atoms with Crippen LogP contribution in [0, 0.1) is 5.92 Å². The minimum Gasteiger partial charge on any atom is -0.511 e. The average Bonchev–Trinajstić information content (AvgIpc) is 3.30. The van der Waals surface area contributed by atoms with Crippen LogP contribution in [0.4, 0.5) is 0 Å². The number of likely N-dealkylation sites (tertiary alicyclic amines) is 1. The molecule has 0 saturated carbocycles. The molecule has 9 heteroatoms. The second-order valence-electron chi connectivity index (χ2n) is 7.56. The molecular formula is C21H26N2O6S. The maximum Gasteiger partial charge on any atom is 0.261 e. The molecule has 1 aliphatic carbocycles. The lowest BCUT2D eigenvalue weighted by Gasteiger charge is -2.38. The van der Waals surface area contributed by atoms with Crippen molar-refractivity contribution >= 4 is 23.0 Å². The summed E-state index contributed by atoms with van der Waals surface area (Å²) in [6, 6.07) is 2.56. The molecule has 1 saturated heterocycles. The lowest BCUT2D eigenvalue weighted by molar-refractivity contribution is -0.136. The fourth-order valence-corrected chi connectivity index (χ4v) is 4.50. The standard InChI is InChI=1S/C21H26N2O6S/c1-23-15-6-3-2-5-13(15)19(28)18(20(23)29)16(27)9-14(17-7-4-8-30-17)22-21(10-24,11-25)12-26/h2-8,13-15,22,24-27H,9-12H2,1H3/b18-16+/t13-,14-,15-/m0/s1. The highest BCUT2D eigenvalue weighted by molar-refractivity contribution is 7.10. The number of piperidine rings is 1. The van der Waals surface area contributed by atoms with Crippen LogP contribution in [0.25, 0.3) is 0 Å². The molecule has 2 heterocycles. The van der Waals surface area contributed by atoms with Crippen molar-refractivity contribution in [3.8, 4) is 0 Å². The molecular weight excluding hydrogens is 408 g/mol. The smallest absolute Gasteiger partial charge is 0.261 e. The van der Waals surface area contributed by atoms with Crippen LogP contribution < -0.4 is 5.32 Å². The molecule has 3 rings (SSSR count). The van der Waals surface area contributed by atoms with Crippen molar-refractivity contribution in [1.29, 1.82) is 0 Å². The zero-order valence-corrected chi connectivity index (χ0v) is 17.4. The fourth-order valence-electron chi connectivity index (χ4n) is 3.72. The number of hydrogen-bond donors (Lipinski definition) is 5. The second kappa shape index (κ2) is 9.23. The minimum atomic E-state index is -1.39. The summed E-state index contributed by atoms with van der Waals surface area (Å²) < 4.78 is 0. The van der Waals surface area contributed by atoms with Crippen molar-refractivity contribution in [3.05, 3.63) is 58.0 Å². The highest BCUT2D eigenvalue weighted by atomic mass is 32.1. The molecule has 1 amide bonds.